The van der Waals surface area contributed by atoms with Gasteiger partial charge in [-0.15, -0.1) is 0 Å². The molecule has 0 aliphatic carbocycles. The second-order valence-electron chi connectivity index (χ2n) is 7.37. The first-order valence-corrected chi connectivity index (χ1v) is 9.15. The molecule has 1 aromatic carbocycles. The van der Waals surface area contributed by atoms with Gasteiger partial charge < -0.3 is 24.2 Å². The number of carboxylic acid groups (broad SMARTS) is 1. The number of hydrogen-bond acceptors (Lipinski definition) is 6. The molecule has 146 valence electrons. The summed E-state index contributed by atoms with van der Waals surface area (Å²) < 4.78 is 16.3. The molecule has 0 spiro atoms. The summed E-state index contributed by atoms with van der Waals surface area (Å²) in [5, 5.41) is 9.98. The molecule has 2 fully saturated rings. The lowest BCUT2D eigenvalue weighted by Crippen LogP contribution is -2.47. The largest absolute Gasteiger partial charge is 0.497 e. The van der Waals surface area contributed by atoms with E-state index in [0.717, 1.165) is 18.7 Å². The van der Waals surface area contributed by atoms with Crippen LogP contribution in [0.5, 0.6) is 11.5 Å². The molecule has 4 rings (SSSR count). The number of amides is 1. The number of carboxylic acids is 1. The van der Waals surface area contributed by atoms with Gasteiger partial charge in [0.25, 0.3) is 0 Å². The first kappa shape index (κ1) is 18.1. The second kappa shape index (κ2) is 7.01. The van der Waals surface area contributed by atoms with E-state index < -0.39 is 11.4 Å². The monoisotopic (exact) mass is 376 g/mol. The van der Waals surface area contributed by atoms with Crippen LogP contribution in [0.15, 0.2) is 18.2 Å². The molecule has 3 aliphatic heterocycles. The van der Waals surface area contributed by atoms with E-state index in [4.69, 9.17) is 14.2 Å². The Morgan fingerprint density at radius 2 is 2.11 bits per heavy atom. The van der Waals surface area contributed by atoms with Gasteiger partial charge in [0.1, 0.15) is 23.5 Å². The zero-order valence-corrected chi connectivity index (χ0v) is 15.3. The van der Waals surface area contributed by atoms with Crippen molar-refractivity contribution < 1.29 is 28.9 Å². The van der Waals surface area contributed by atoms with Crippen LogP contribution >= 0.6 is 0 Å². The number of rotatable bonds is 4. The van der Waals surface area contributed by atoms with Gasteiger partial charge in [-0.25, -0.2) is 0 Å². The maximum absolute atomic E-state index is 12.8. The van der Waals surface area contributed by atoms with Crippen molar-refractivity contribution in [3.8, 4) is 11.5 Å². The van der Waals surface area contributed by atoms with Gasteiger partial charge in [0.15, 0.2) is 0 Å². The Kier molecular flexibility index (Phi) is 4.69. The van der Waals surface area contributed by atoms with E-state index in [0.29, 0.717) is 37.8 Å². The van der Waals surface area contributed by atoms with Crippen LogP contribution < -0.4 is 9.47 Å². The number of ether oxygens (including phenoxy) is 3. The molecule has 3 aliphatic rings. The Hall–Kier alpha value is -2.32. The molecular formula is C19H24N2O6. The second-order valence-corrected chi connectivity index (χ2v) is 7.37. The highest BCUT2D eigenvalue weighted by Gasteiger charge is 2.57. The molecule has 2 saturated heterocycles. The van der Waals surface area contributed by atoms with Crippen LogP contribution in [0.25, 0.3) is 0 Å². The van der Waals surface area contributed by atoms with Crippen LogP contribution in [-0.4, -0.2) is 86.4 Å². The zero-order valence-electron chi connectivity index (χ0n) is 15.3. The number of likely N-dealkylation sites (tertiary alicyclic amines) is 1. The minimum atomic E-state index is -1.11. The van der Waals surface area contributed by atoms with Crippen LogP contribution in [0.2, 0.25) is 0 Å². The quantitative estimate of drug-likeness (QED) is 0.815. The van der Waals surface area contributed by atoms with Gasteiger partial charge in [-0.1, -0.05) is 6.07 Å². The zero-order chi connectivity index (χ0) is 19.0. The third-order valence-corrected chi connectivity index (χ3v) is 5.87. The molecule has 2 atom stereocenters. The Morgan fingerprint density at radius 1 is 1.33 bits per heavy atom. The van der Waals surface area contributed by atoms with Crippen molar-refractivity contribution in [2.24, 2.45) is 5.41 Å². The van der Waals surface area contributed by atoms with Gasteiger partial charge in [0, 0.05) is 43.7 Å². The van der Waals surface area contributed by atoms with Crippen molar-refractivity contribution in [3.05, 3.63) is 23.8 Å². The first-order chi connectivity index (χ1) is 13.0. The lowest BCUT2D eigenvalue weighted by atomic mass is 9.73. The molecule has 3 heterocycles. The summed E-state index contributed by atoms with van der Waals surface area (Å²) in [6.45, 7) is 3.59. The van der Waals surface area contributed by atoms with Crippen LogP contribution in [0, 0.1) is 5.41 Å². The third-order valence-electron chi connectivity index (χ3n) is 5.87. The average molecular weight is 376 g/mol. The van der Waals surface area contributed by atoms with Gasteiger partial charge in [-0.2, -0.15) is 0 Å². The fraction of sp³-hybridized carbons (Fsp3) is 0.579. The van der Waals surface area contributed by atoms with Crippen molar-refractivity contribution in [1.82, 2.24) is 9.80 Å². The van der Waals surface area contributed by atoms with E-state index in [2.05, 4.69) is 4.90 Å². The normalized spacial score (nSPS) is 27.4. The smallest absolute Gasteiger partial charge is 0.315 e. The van der Waals surface area contributed by atoms with Gasteiger partial charge in [-0.3, -0.25) is 14.5 Å². The number of fused-ring (bicyclic) bond motifs is 3. The number of aliphatic carboxylic acids is 1. The van der Waals surface area contributed by atoms with Crippen molar-refractivity contribution >= 4 is 11.9 Å². The van der Waals surface area contributed by atoms with Crippen molar-refractivity contribution in [3.63, 3.8) is 0 Å². The fourth-order valence-electron chi connectivity index (χ4n) is 4.23. The number of nitrogens with zero attached hydrogens (tertiary/aromatic N) is 2. The number of hydrogen-bond donors (Lipinski definition) is 1. The number of carbonyl (C=O) groups is 2. The molecule has 0 bridgehead atoms. The lowest BCUT2D eigenvalue weighted by Gasteiger charge is -2.35. The molecule has 0 unspecified atom stereocenters. The molecule has 1 amide bonds. The van der Waals surface area contributed by atoms with Crippen molar-refractivity contribution in [1.29, 1.82) is 0 Å². The average Bonchev–Trinajstić information content (AvgIpc) is 3.10. The first-order valence-electron chi connectivity index (χ1n) is 9.15. The predicted molar refractivity (Wildman–Crippen MR) is 95.1 cm³/mol. The van der Waals surface area contributed by atoms with Crippen molar-refractivity contribution in [2.75, 3.05) is 59.7 Å². The van der Waals surface area contributed by atoms with E-state index >= 15 is 0 Å². The van der Waals surface area contributed by atoms with Crippen LogP contribution in [-0.2, 0) is 14.3 Å². The van der Waals surface area contributed by atoms with Gasteiger partial charge in [-0.05, 0) is 6.07 Å². The van der Waals surface area contributed by atoms with E-state index in [1.807, 2.05) is 6.07 Å². The van der Waals surface area contributed by atoms with Gasteiger partial charge in [0.2, 0.25) is 5.91 Å². The summed E-state index contributed by atoms with van der Waals surface area (Å²) in [5.41, 5.74) is -0.284. The summed E-state index contributed by atoms with van der Waals surface area (Å²) in [4.78, 5) is 28.7. The highest BCUT2D eigenvalue weighted by Crippen LogP contribution is 2.50. The molecule has 0 radical (unpaired) electrons. The predicted octanol–water partition coefficient (Wildman–Crippen LogP) is 0.417. The Bertz CT molecular complexity index is 748. The number of morpholine rings is 1. The van der Waals surface area contributed by atoms with Gasteiger partial charge in [0.05, 0.1) is 26.9 Å². The summed E-state index contributed by atoms with van der Waals surface area (Å²) in [7, 11) is 1.58. The molecule has 1 N–H and O–H groups in total. The fourth-order valence-corrected chi connectivity index (χ4v) is 4.23. The Labute approximate surface area is 157 Å². The standard InChI is InChI=1S/C19H24N2O6/c1-25-13-2-3-14-15-9-21(17(22)10-20-4-6-26-7-5-20)11-19(15,18(23)24)12-27-16(14)8-13/h2-3,8,15H,4-7,9-12H2,1H3,(H,23,24)/t15-,19-/m1/s1. The van der Waals surface area contributed by atoms with Crippen molar-refractivity contribution in [2.45, 2.75) is 5.92 Å². The molecular weight excluding hydrogens is 352 g/mol. The summed E-state index contributed by atoms with van der Waals surface area (Å²) in [6, 6.07) is 5.43. The molecule has 27 heavy (non-hydrogen) atoms. The molecule has 8 heteroatoms. The van der Waals surface area contributed by atoms with E-state index in [1.165, 1.54) is 0 Å². The van der Waals surface area contributed by atoms with Crippen LogP contribution in [0.3, 0.4) is 0 Å². The van der Waals surface area contributed by atoms with Crippen LogP contribution in [0.1, 0.15) is 11.5 Å². The summed E-state index contributed by atoms with van der Waals surface area (Å²) in [5.74, 6) is 0.0458. The Balaban J connectivity index is 1.57. The minimum absolute atomic E-state index is 0.0398. The number of carbonyl (C=O) groups excluding carboxylic acids is 1. The van der Waals surface area contributed by atoms with E-state index in [9.17, 15) is 14.7 Å². The summed E-state index contributed by atoms with van der Waals surface area (Å²) >= 11 is 0. The van der Waals surface area contributed by atoms with Gasteiger partial charge >= 0.3 is 5.97 Å². The third kappa shape index (κ3) is 3.12. The topological polar surface area (TPSA) is 88.5 Å². The van der Waals surface area contributed by atoms with Crippen LogP contribution in [0.4, 0.5) is 0 Å². The lowest BCUT2D eigenvalue weighted by molar-refractivity contribution is -0.152. The highest BCUT2D eigenvalue weighted by molar-refractivity contribution is 5.83. The highest BCUT2D eigenvalue weighted by atomic mass is 16.5. The SMILES string of the molecule is COc1ccc2c(c1)OC[C@]1(C(=O)O)CN(C(=O)CN3CCOCC3)C[C@H]21. The van der Waals surface area contributed by atoms with E-state index in [-0.39, 0.29) is 25.0 Å². The number of benzene rings is 1. The molecule has 8 nitrogen and oxygen atoms in total. The Morgan fingerprint density at radius 3 is 2.81 bits per heavy atom. The molecule has 1 aromatic rings. The summed E-state index contributed by atoms with van der Waals surface area (Å²) in [6.07, 6.45) is 0. The maximum Gasteiger partial charge on any atom is 0.315 e. The molecule has 0 aromatic heterocycles. The van der Waals surface area contributed by atoms with E-state index in [1.54, 1.807) is 24.1 Å². The maximum atomic E-state index is 12.8. The molecule has 0 saturated carbocycles. The number of methoxy groups -OCH3 is 1. The minimum Gasteiger partial charge on any atom is -0.497 e.